The summed E-state index contributed by atoms with van der Waals surface area (Å²) in [5.74, 6) is 0.403. The van der Waals surface area contributed by atoms with Gasteiger partial charge in [-0.2, -0.15) is 5.21 Å². The number of rotatable bonds is 2. The van der Waals surface area contributed by atoms with Crippen LogP contribution in [0.4, 0.5) is 0 Å². The predicted molar refractivity (Wildman–Crippen MR) is 41.2 cm³/mol. The van der Waals surface area contributed by atoms with Gasteiger partial charge in [-0.25, -0.2) is 0 Å². The van der Waals surface area contributed by atoms with Crippen molar-refractivity contribution in [1.82, 2.24) is 35.6 Å². The average Bonchev–Trinajstić information content (AvgIpc) is 2.72. The molecule has 2 heterocycles. The third kappa shape index (κ3) is 1.38. The van der Waals surface area contributed by atoms with E-state index in [0.717, 1.165) is 0 Å². The highest BCUT2D eigenvalue weighted by molar-refractivity contribution is 5.09. The Labute approximate surface area is 73.1 Å². The van der Waals surface area contributed by atoms with Gasteiger partial charge in [0.15, 0.2) is 5.82 Å². The molecule has 0 radical (unpaired) electrons. The third-order valence-electron chi connectivity index (χ3n) is 1.58. The lowest BCUT2D eigenvalue weighted by Crippen LogP contribution is -2.14. The first-order valence-corrected chi connectivity index (χ1v) is 3.62. The summed E-state index contributed by atoms with van der Waals surface area (Å²) in [5, 5.41) is 20.8. The van der Waals surface area contributed by atoms with E-state index >= 15 is 0 Å². The molecule has 0 aliphatic rings. The van der Waals surface area contributed by atoms with E-state index in [1.165, 1.54) is 0 Å². The van der Waals surface area contributed by atoms with Crippen LogP contribution in [-0.4, -0.2) is 35.6 Å². The lowest BCUT2D eigenvalue weighted by atomic mass is 10.2. The summed E-state index contributed by atoms with van der Waals surface area (Å²) in [6.45, 7) is 0. The van der Waals surface area contributed by atoms with Gasteiger partial charge in [0.25, 0.3) is 0 Å². The van der Waals surface area contributed by atoms with Gasteiger partial charge in [-0.05, 0) is 0 Å². The number of tetrazole rings is 1. The molecule has 0 amide bonds. The second kappa shape index (κ2) is 2.90. The van der Waals surface area contributed by atoms with E-state index in [2.05, 4.69) is 30.9 Å². The Bertz CT molecular complexity index is 375. The van der Waals surface area contributed by atoms with E-state index in [1.54, 1.807) is 17.9 Å². The highest BCUT2D eigenvalue weighted by Crippen LogP contribution is 2.10. The molecule has 0 bridgehead atoms. The van der Waals surface area contributed by atoms with Gasteiger partial charge in [0.1, 0.15) is 11.7 Å². The molecule has 0 aromatic carbocycles. The Kier molecular flexibility index (Phi) is 1.74. The van der Waals surface area contributed by atoms with Crippen LogP contribution in [0.15, 0.2) is 6.20 Å². The summed E-state index contributed by atoms with van der Waals surface area (Å²) in [6, 6.07) is -0.479. The number of nitrogens with one attached hydrogen (secondary N) is 1. The molecule has 1 atom stereocenters. The lowest BCUT2D eigenvalue weighted by Gasteiger charge is -1.99. The van der Waals surface area contributed by atoms with Crippen LogP contribution >= 0.6 is 0 Å². The number of hydrogen-bond acceptors (Lipinski definition) is 6. The van der Waals surface area contributed by atoms with E-state index < -0.39 is 6.04 Å². The molecular formula is C5H8N8. The molecule has 2 aromatic rings. The molecule has 13 heavy (non-hydrogen) atoms. The number of aromatic nitrogens is 7. The molecule has 8 nitrogen and oxygen atoms in total. The molecule has 2 rings (SSSR count). The maximum Gasteiger partial charge on any atom is 0.197 e. The number of H-pyrrole nitrogens is 1. The van der Waals surface area contributed by atoms with E-state index in [9.17, 15) is 0 Å². The Balaban J connectivity index is 2.28. The molecule has 0 spiro atoms. The van der Waals surface area contributed by atoms with Crippen molar-refractivity contribution >= 4 is 0 Å². The van der Waals surface area contributed by atoms with Gasteiger partial charge in [-0.3, -0.25) is 4.68 Å². The summed E-state index contributed by atoms with van der Waals surface area (Å²) in [7, 11) is 1.76. The number of nitrogens with zero attached hydrogens (tertiary/aromatic N) is 6. The molecule has 0 saturated heterocycles. The maximum atomic E-state index is 5.77. The normalized spacial score (nSPS) is 13.1. The van der Waals surface area contributed by atoms with E-state index in [0.29, 0.717) is 11.5 Å². The van der Waals surface area contributed by atoms with Crippen LogP contribution in [0.3, 0.4) is 0 Å². The third-order valence-corrected chi connectivity index (χ3v) is 1.58. The SMILES string of the molecule is Cn1cc(C(N)c2nn[nH]n2)nn1. The molecule has 2 aromatic heterocycles. The topological polar surface area (TPSA) is 111 Å². The van der Waals surface area contributed by atoms with Crippen molar-refractivity contribution in [3.8, 4) is 0 Å². The molecule has 68 valence electrons. The number of aryl methyl sites for hydroxylation is 1. The lowest BCUT2D eigenvalue weighted by molar-refractivity contribution is 0.706. The minimum absolute atomic E-state index is 0.403. The fraction of sp³-hybridized carbons (Fsp3) is 0.400. The zero-order valence-corrected chi connectivity index (χ0v) is 6.92. The van der Waals surface area contributed by atoms with E-state index in [1.807, 2.05) is 0 Å². The summed E-state index contributed by atoms with van der Waals surface area (Å²) >= 11 is 0. The number of nitrogens with two attached hydrogens (primary N) is 1. The summed E-state index contributed by atoms with van der Waals surface area (Å²) in [6.07, 6.45) is 1.71. The van der Waals surface area contributed by atoms with Gasteiger partial charge in [0, 0.05) is 7.05 Å². The quantitative estimate of drug-likeness (QED) is 0.574. The van der Waals surface area contributed by atoms with E-state index in [-0.39, 0.29) is 0 Å². The van der Waals surface area contributed by atoms with Crippen molar-refractivity contribution in [2.75, 3.05) is 0 Å². The summed E-state index contributed by atoms with van der Waals surface area (Å²) in [4.78, 5) is 0. The van der Waals surface area contributed by atoms with Crippen LogP contribution in [0.5, 0.6) is 0 Å². The van der Waals surface area contributed by atoms with Gasteiger partial charge in [0.05, 0.1) is 6.20 Å². The van der Waals surface area contributed by atoms with Gasteiger partial charge >= 0.3 is 0 Å². The highest BCUT2D eigenvalue weighted by Gasteiger charge is 2.16. The summed E-state index contributed by atoms with van der Waals surface area (Å²) in [5.41, 5.74) is 6.39. The fourth-order valence-electron chi connectivity index (χ4n) is 0.941. The minimum Gasteiger partial charge on any atom is -0.316 e. The van der Waals surface area contributed by atoms with Crippen molar-refractivity contribution < 1.29 is 0 Å². The zero-order valence-electron chi connectivity index (χ0n) is 6.92. The first kappa shape index (κ1) is 7.80. The molecule has 0 aliphatic carbocycles. The standard InChI is InChI=1S/C5H8N8/c1-13-2-3(7-12-13)4(6)5-8-10-11-9-5/h2,4H,6H2,1H3,(H,8,9,10,11). The van der Waals surface area contributed by atoms with Crippen molar-refractivity contribution in [3.05, 3.63) is 17.7 Å². The largest absolute Gasteiger partial charge is 0.316 e. The van der Waals surface area contributed by atoms with Crippen LogP contribution in [0.1, 0.15) is 17.6 Å². The molecule has 3 N–H and O–H groups in total. The van der Waals surface area contributed by atoms with Crippen molar-refractivity contribution in [3.63, 3.8) is 0 Å². The van der Waals surface area contributed by atoms with Gasteiger partial charge in [0.2, 0.25) is 0 Å². The molecule has 8 heteroatoms. The molecule has 0 fully saturated rings. The first-order valence-electron chi connectivity index (χ1n) is 3.62. The van der Waals surface area contributed by atoms with Crippen molar-refractivity contribution in [2.24, 2.45) is 12.8 Å². The van der Waals surface area contributed by atoms with Crippen LogP contribution < -0.4 is 5.73 Å². The van der Waals surface area contributed by atoms with E-state index in [4.69, 9.17) is 5.73 Å². The van der Waals surface area contributed by atoms with Crippen LogP contribution in [0, 0.1) is 0 Å². The Morgan fingerprint density at radius 2 is 2.38 bits per heavy atom. The van der Waals surface area contributed by atoms with Crippen LogP contribution in [0.25, 0.3) is 0 Å². The first-order chi connectivity index (χ1) is 6.27. The van der Waals surface area contributed by atoms with Crippen molar-refractivity contribution in [2.45, 2.75) is 6.04 Å². The molecule has 0 saturated carbocycles. The highest BCUT2D eigenvalue weighted by atomic mass is 15.5. The van der Waals surface area contributed by atoms with Gasteiger partial charge < -0.3 is 5.73 Å². The average molecular weight is 180 g/mol. The second-order valence-corrected chi connectivity index (χ2v) is 2.56. The molecule has 1 unspecified atom stereocenters. The Hall–Kier alpha value is -1.83. The maximum absolute atomic E-state index is 5.77. The smallest absolute Gasteiger partial charge is 0.197 e. The van der Waals surface area contributed by atoms with Crippen LogP contribution in [0.2, 0.25) is 0 Å². The monoisotopic (exact) mass is 180 g/mol. The summed E-state index contributed by atoms with van der Waals surface area (Å²) < 4.78 is 1.56. The van der Waals surface area contributed by atoms with Crippen LogP contribution in [-0.2, 0) is 7.05 Å². The van der Waals surface area contributed by atoms with Gasteiger partial charge in [-0.1, -0.05) is 10.4 Å². The number of hydrogen-bond donors (Lipinski definition) is 2. The van der Waals surface area contributed by atoms with Gasteiger partial charge in [-0.15, -0.1) is 15.3 Å². The Morgan fingerprint density at radius 3 is 2.92 bits per heavy atom. The minimum atomic E-state index is -0.479. The second-order valence-electron chi connectivity index (χ2n) is 2.56. The molecule has 0 aliphatic heterocycles. The predicted octanol–water partition coefficient (Wildman–Crippen LogP) is -1.62. The Morgan fingerprint density at radius 1 is 1.54 bits per heavy atom. The molecular weight excluding hydrogens is 172 g/mol. The van der Waals surface area contributed by atoms with Crippen molar-refractivity contribution in [1.29, 1.82) is 0 Å². The number of aromatic amines is 1. The zero-order chi connectivity index (χ0) is 9.26. The fourth-order valence-corrected chi connectivity index (χ4v) is 0.941.